The predicted octanol–water partition coefficient (Wildman–Crippen LogP) is 3.65. The van der Waals surface area contributed by atoms with Crippen molar-refractivity contribution < 1.29 is 19.2 Å². The van der Waals surface area contributed by atoms with E-state index in [0.717, 1.165) is 24.2 Å². The molecule has 1 saturated carbocycles. The Bertz CT molecular complexity index is 936. The van der Waals surface area contributed by atoms with Crippen molar-refractivity contribution in [2.75, 3.05) is 13.2 Å². The fourth-order valence-electron chi connectivity index (χ4n) is 3.27. The van der Waals surface area contributed by atoms with Crippen LogP contribution < -0.4 is 14.8 Å². The molecule has 1 aliphatic carbocycles. The zero-order chi connectivity index (χ0) is 19.5. The van der Waals surface area contributed by atoms with E-state index < -0.39 is 4.92 Å². The fourth-order valence-corrected chi connectivity index (χ4v) is 3.27. The van der Waals surface area contributed by atoms with E-state index in [1.165, 1.54) is 18.2 Å². The smallest absolute Gasteiger partial charge is 0.270 e. The van der Waals surface area contributed by atoms with Gasteiger partial charge in [0.15, 0.2) is 11.5 Å². The average molecular weight is 380 g/mol. The molecule has 1 heterocycles. The molecule has 28 heavy (non-hydrogen) atoms. The Hall–Kier alpha value is -3.35. The second kappa shape index (κ2) is 7.72. The summed E-state index contributed by atoms with van der Waals surface area (Å²) in [5.41, 5.74) is 1.59. The Balaban J connectivity index is 1.47. The maximum absolute atomic E-state index is 12.5. The number of rotatable bonds is 6. The van der Waals surface area contributed by atoms with Gasteiger partial charge < -0.3 is 14.8 Å². The number of carbonyl (C=O) groups is 1. The minimum atomic E-state index is -0.456. The third-order valence-corrected chi connectivity index (χ3v) is 4.82. The largest absolute Gasteiger partial charge is 0.486 e. The van der Waals surface area contributed by atoms with Crippen LogP contribution in [0, 0.1) is 16.0 Å². The van der Waals surface area contributed by atoms with Crippen molar-refractivity contribution in [3.8, 4) is 11.5 Å². The molecule has 2 aliphatic rings. The first-order valence-electron chi connectivity index (χ1n) is 9.23. The molecule has 1 unspecified atom stereocenters. The van der Waals surface area contributed by atoms with Crippen molar-refractivity contribution in [3.05, 3.63) is 69.8 Å². The second-order valence-electron chi connectivity index (χ2n) is 6.91. The molecule has 1 atom stereocenters. The van der Waals surface area contributed by atoms with Gasteiger partial charge in [-0.05, 0) is 48.1 Å². The van der Waals surface area contributed by atoms with Crippen LogP contribution in [0.1, 0.15) is 30.0 Å². The van der Waals surface area contributed by atoms with Crippen molar-refractivity contribution in [1.82, 2.24) is 5.32 Å². The number of non-ortho nitro benzene ring substituents is 1. The van der Waals surface area contributed by atoms with Gasteiger partial charge in [-0.3, -0.25) is 14.9 Å². The van der Waals surface area contributed by atoms with Crippen molar-refractivity contribution in [3.63, 3.8) is 0 Å². The van der Waals surface area contributed by atoms with Crippen molar-refractivity contribution in [2.45, 2.75) is 18.9 Å². The fraction of sp³-hybridized carbons (Fsp3) is 0.286. The molecule has 1 N–H and O–H groups in total. The number of carbonyl (C=O) groups excluding carboxylic acids is 1. The summed E-state index contributed by atoms with van der Waals surface area (Å²) in [6.45, 7) is 1.06. The van der Waals surface area contributed by atoms with Crippen LogP contribution in [0.3, 0.4) is 0 Å². The molecular formula is C21H20N2O5. The summed E-state index contributed by atoms with van der Waals surface area (Å²) in [7, 11) is 0. The zero-order valence-corrected chi connectivity index (χ0v) is 15.2. The van der Waals surface area contributed by atoms with Gasteiger partial charge in [0.05, 0.1) is 11.0 Å². The van der Waals surface area contributed by atoms with Gasteiger partial charge in [-0.1, -0.05) is 18.2 Å². The molecule has 0 radical (unpaired) electrons. The molecule has 1 fully saturated rings. The molecule has 4 rings (SSSR count). The quantitative estimate of drug-likeness (QED) is 0.469. The molecular weight excluding hydrogens is 360 g/mol. The van der Waals surface area contributed by atoms with E-state index in [9.17, 15) is 14.9 Å². The van der Waals surface area contributed by atoms with Crippen LogP contribution in [0.15, 0.2) is 48.5 Å². The molecule has 144 valence electrons. The Labute approximate surface area is 162 Å². The van der Waals surface area contributed by atoms with E-state index in [4.69, 9.17) is 9.47 Å². The van der Waals surface area contributed by atoms with E-state index in [1.54, 1.807) is 18.2 Å². The third kappa shape index (κ3) is 4.14. The van der Waals surface area contributed by atoms with Crippen LogP contribution >= 0.6 is 0 Å². The highest BCUT2D eigenvalue weighted by Gasteiger charge is 2.33. The molecule has 0 saturated heterocycles. The number of nitro groups is 1. The Morgan fingerprint density at radius 1 is 1.14 bits per heavy atom. The summed E-state index contributed by atoms with van der Waals surface area (Å²) in [6, 6.07) is 11.8. The van der Waals surface area contributed by atoms with Crippen LogP contribution in [0.25, 0.3) is 6.08 Å². The van der Waals surface area contributed by atoms with Gasteiger partial charge in [-0.15, -0.1) is 0 Å². The third-order valence-electron chi connectivity index (χ3n) is 4.82. The molecule has 7 heteroatoms. The Morgan fingerprint density at radius 2 is 1.93 bits per heavy atom. The van der Waals surface area contributed by atoms with Gasteiger partial charge in [0, 0.05) is 18.2 Å². The highest BCUT2D eigenvalue weighted by Crippen LogP contribution is 2.43. The van der Waals surface area contributed by atoms with Crippen molar-refractivity contribution >= 4 is 17.7 Å². The number of fused-ring (bicyclic) bond motifs is 1. The van der Waals surface area contributed by atoms with Gasteiger partial charge in [0.25, 0.3) is 5.69 Å². The monoisotopic (exact) mass is 380 g/mol. The molecule has 7 nitrogen and oxygen atoms in total. The van der Waals surface area contributed by atoms with E-state index in [2.05, 4.69) is 5.32 Å². The summed E-state index contributed by atoms with van der Waals surface area (Å²) < 4.78 is 11.2. The number of hydrogen-bond donors (Lipinski definition) is 1. The first kappa shape index (κ1) is 18.0. The minimum Gasteiger partial charge on any atom is -0.486 e. The summed E-state index contributed by atoms with van der Waals surface area (Å²) >= 11 is 0. The summed E-state index contributed by atoms with van der Waals surface area (Å²) in [5, 5.41) is 13.9. The predicted molar refractivity (Wildman–Crippen MR) is 103 cm³/mol. The van der Waals surface area contributed by atoms with Crippen LogP contribution in [0.2, 0.25) is 0 Å². The molecule has 0 aromatic heterocycles. The van der Waals surface area contributed by atoms with E-state index in [0.29, 0.717) is 30.4 Å². The first-order valence-corrected chi connectivity index (χ1v) is 9.23. The summed E-state index contributed by atoms with van der Waals surface area (Å²) in [6.07, 6.45) is 5.12. The number of hydrogen-bond acceptors (Lipinski definition) is 5. The van der Waals surface area contributed by atoms with Crippen LogP contribution in [-0.4, -0.2) is 24.0 Å². The summed E-state index contributed by atoms with van der Waals surface area (Å²) in [5.74, 6) is 1.59. The Kier molecular flexibility index (Phi) is 4.97. The molecule has 1 amide bonds. The van der Waals surface area contributed by atoms with E-state index >= 15 is 0 Å². The normalized spacial score (nSPS) is 16.6. The van der Waals surface area contributed by atoms with Gasteiger partial charge in [-0.2, -0.15) is 0 Å². The van der Waals surface area contributed by atoms with Gasteiger partial charge >= 0.3 is 0 Å². The van der Waals surface area contributed by atoms with Crippen LogP contribution in [0.4, 0.5) is 5.69 Å². The molecule has 2 aromatic rings. The number of nitro benzene ring substituents is 1. The SMILES string of the molecule is O=C(C=Cc1cccc([N+](=O)[O-])c1)NC(c1ccc2c(c1)OCCO2)C1CC1. The van der Waals surface area contributed by atoms with Crippen LogP contribution in [-0.2, 0) is 4.79 Å². The van der Waals surface area contributed by atoms with Gasteiger partial charge in [0.2, 0.25) is 5.91 Å². The number of amides is 1. The van der Waals surface area contributed by atoms with Gasteiger partial charge in [0.1, 0.15) is 13.2 Å². The lowest BCUT2D eigenvalue weighted by Gasteiger charge is -2.22. The summed E-state index contributed by atoms with van der Waals surface area (Å²) in [4.78, 5) is 22.9. The molecule has 0 spiro atoms. The lowest BCUT2D eigenvalue weighted by atomic mass is 10.0. The minimum absolute atomic E-state index is 0.00491. The lowest BCUT2D eigenvalue weighted by Crippen LogP contribution is -2.28. The number of benzene rings is 2. The van der Waals surface area contributed by atoms with Crippen LogP contribution in [0.5, 0.6) is 11.5 Å². The highest BCUT2D eigenvalue weighted by molar-refractivity contribution is 5.92. The molecule has 1 aliphatic heterocycles. The topological polar surface area (TPSA) is 90.7 Å². The highest BCUT2D eigenvalue weighted by atomic mass is 16.6. The molecule has 2 aromatic carbocycles. The van der Waals surface area contributed by atoms with Crippen molar-refractivity contribution in [1.29, 1.82) is 0 Å². The number of ether oxygens (including phenoxy) is 2. The van der Waals surface area contributed by atoms with E-state index in [1.807, 2.05) is 18.2 Å². The van der Waals surface area contributed by atoms with Gasteiger partial charge in [-0.25, -0.2) is 0 Å². The Morgan fingerprint density at radius 3 is 2.68 bits per heavy atom. The number of nitrogens with one attached hydrogen (secondary N) is 1. The maximum Gasteiger partial charge on any atom is 0.270 e. The molecule has 0 bridgehead atoms. The van der Waals surface area contributed by atoms with Crippen molar-refractivity contribution in [2.24, 2.45) is 5.92 Å². The maximum atomic E-state index is 12.5. The first-order chi connectivity index (χ1) is 13.6. The zero-order valence-electron chi connectivity index (χ0n) is 15.2. The lowest BCUT2D eigenvalue weighted by molar-refractivity contribution is -0.384. The standard InChI is InChI=1S/C21H20N2O5/c24-20(9-4-14-2-1-3-17(12-14)23(25)26)22-21(15-5-6-15)16-7-8-18-19(13-16)28-11-10-27-18/h1-4,7-9,12-13,15,21H,5-6,10-11H2,(H,22,24). The van der Waals surface area contributed by atoms with E-state index in [-0.39, 0.29) is 17.6 Å². The number of nitrogens with zero attached hydrogens (tertiary/aromatic N) is 1. The average Bonchev–Trinajstić information content (AvgIpc) is 3.55. The second-order valence-corrected chi connectivity index (χ2v) is 6.91.